The molecule has 0 bridgehead atoms. The fraction of sp³-hybridized carbons (Fsp3) is 0.143. The summed E-state index contributed by atoms with van der Waals surface area (Å²) in [5.74, 6) is 0.177. The molecule has 1 aromatic heterocycles. The van der Waals surface area contributed by atoms with E-state index in [1.165, 1.54) is 25.3 Å². The number of hydrogen-bond donors (Lipinski definition) is 1. The van der Waals surface area contributed by atoms with Crippen molar-refractivity contribution in [3.8, 4) is 11.9 Å². The van der Waals surface area contributed by atoms with Gasteiger partial charge < -0.3 is 10.1 Å². The molecular weight excluding hydrogens is 245 g/mol. The third-order valence-electron chi connectivity index (χ3n) is 2.60. The van der Waals surface area contributed by atoms with Gasteiger partial charge in [-0.3, -0.25) is 0 Å². The van der Waals surface area contributed by atoms with Gasteiger partial charge in [-0.25, -0.2) is 9.37 Å². The van der Waals surface area contributed by atoms with Gasteiger partial charge in [0, 0.05) is 18.2 Å². The number of anilines is 1. The molecule has 2 aromatic rings. The van der Waals surface area contributed by atoms with Crippen LogP contribution in [-0.4, -0.2) is 12.1 Å². The second-order valence-corrected chi connectivity index (χ2v) is 3.86. The normalized spacial score (nSPS) is 9.74. The van der Waals surface area contributed by atoms with Crippen LogP contribution in [0.2, 0.25) is 0 Å². The number of hydrogen-bond acceptors (Lipinski definition) is 4. The van der Waals surface area contributed by atoms with Crippen molar-refractivity contribution in [3.05, 3.63) is 53.5 Å². The number of nitriles is 1. The van der Waals surface area contributed by atoms with Crippen LogP contribution in [0.5, 0.6) is 5.88 Å². The molecule has 0 spiro atoms. The average Bonchev–Trinajstić information content (AvgIpc) is 2.47. The Labute approximate surface area is 110 Å². The molecule has 2 rings (SSSR count). The Morgan fingerprint density at radius 2 is 2.21 bits per heavy atom. The quantitative estimate of drug-likeness (QED) is 0.914. The molecule has 0 atom stereocenters. The first-order valence-electron chi connectivity index (χ1n) is 5.65. The Morgan fingerprint density at radius 1 is 1.37 bits per heavy atom. The van der Waals surface area contributed by atoms with Crippen LogP contribution < -0.4 is 10.1 Å². The summed E-state index contributed by atoms with van der Waals surface area (Å²) < 4.78 is 18.5. The minimum atomic E-state index is -0.340. The van der Waals surface area contributed by atoms with Crippen LogP contribution in [0.1, 0.15) is 11.1 Å². The van der Waals surface area contributed by atoms with Crippen molar-refractivity contribution >= 4 is 5.69 Å². The molecule has 1 aromatic carbocycles. The van der Waals surface area contributed by atoms with Gasteiger partial charge in [-0.2, -0.15) is 5.26 Å². The Hall–Kier alpha value is -2.61. The van der Waals surface area contributed by atoms with Crippen molar-refractivity contribution in [3.63, 3.8) is 0 Å². The molecule has 0 unspecified atom stereocenters. The Bertz CT molecular complexity index is 605. The van der Waals surface area contributed by atoms with Gasteiger partial charge in [-0.05, 0) is 24.3 Å². The van der Waals surface area contributed by atoms with Gasteiger partial charge in [0.1, 0.15) is 5.82 Å². The van der Waals surface area contributed by atoms with Gasteiger partial charge in [-0.15, -0.1) is 0 Å². The van der Waals surface area contributed by atoms with Gasteiger partial charge >= 0.3 is 0 Å². The van der Waals surface area contributed by atoms with Crippen LogP contribution in [0.4, 0.5) is 10.1 Å². The fourth-order valence-electron chi connectivity index (χ4n) is 1.58. The van der Waals surface area contributed by atoms with E-state index in [-0.39, 0.29) is 12.4 Å². The lowest BCUT2D eigenvalue weighted by Crippen LogP contribution is -2.02. The van der Waals surface area contributed by atoms with Crippen molar-refractivity contribution in [2.24, 2.45) is 0 Å². The lowest BCUT2D eigenvalue weighted by atomic mass is 10.1. The summed E-state index contributed by atoms with van der Waals surface area (Å²) in [7, 11) is 1.54. The number of methoxy groups -OCH3 is 1. The predicted molar refractivity (Wildman–Crippen MR) is 69.2 cm³/mol. The third-order valence-corrected chi connectivity index (χ3v) is 2.60. The topological polar surface area (TPSA) is 57.9 Å². The molecule has 4 nitrogen and oxygen atoms in total. The maximum absolute atomic E-state index is 13.5. The number of aromatic nitrogens is 1. The van der Waals surface area contributed by atoms with E-state index in [4.69, 9.17) is 10.00 Å². The second kappa shape index (κ2) is 5.83. The highest BCUT2D eigenvalue weighted by atomic mass is 19.1. The van der Waals surface area contributed by atoms with Gasteiger partial charge in [0.05, 0.1) is 30.6 Å². The molecule has 0 aliphatic heterocycles. The van der Waals surface area contributed by atoms with Gasteiger partial charge in [0.25, 0.3) is 0 Å². The summed E-state index contributed by atoms with van der Waals surface area (Å²) in [6.45, 7) is 0.287. The van der Waals surface area contributed by atoms with E-state index >= 15 is 0 Å². The van der Waals surface area contributed by atoms with Crippen LogP contribution >= 0.6 is 0 Å². The number of benzene rings is 1. The molecule has 0 amide bonds. The minimum absolute atomic E-state index is 0.287. The molecule has 1 N–H and O–H groups in total. The van der Waals surface area contributed by atoms with E-state index in [9.17, 15) is 4.39 Å². The monoisotopic (exact) mass is 257 g/mol. The Balaban J connectivity index is 2.07. The van der Waals surface area contributed by atoms with E-state index in [0.717, 1.165) is 5.69 Å². The summed E-state index contributed by atoms with van der Waals surface area (Å²) in [5, 5.41) is 11.8. The molecule has 96 valence electrons. The number of ether oxygens (including phenoxy) is 1. The average molecular weight is 257 g/mol. The van der Waals surface area contributed by atoms with Crippen molar-refractivity contribution in [1.82, 2.24) is 4.98 Å². The van der Waals surface area contributed by atoms with Crippen LogP contribution in [0.15, 0.2) is 36.5 Å². The summed E-state index contributed by atoms with van der Waals surface area (Å²) >= 11 is 0. The lowest BCUT2D eigenvalue weighted by molar-refractivity contribution is 0.398. The number of rotatable bonds is 4. The van der Waals surface area contributed by atoms with E-state index < -0.39 is 0 Å². The summed E-state index contributed by atoms with van der Waals surface area (Å²) in [5.41, 5.74) is 1.63. The first kappa shape index (κ1) is 12.8. The Morgan fingerprint density at radius 3 is 2.84 bits per heavy atom. The molecule has 0 saturated carbocycles. The van der Waals surface area contributed by atoms with Crippen LogP contribution in [0.3, 0.4) is 0 Å². The summed E-state index contributed by atoms with van der Waals surface area (Å²) in [6.07, 6.45) is 1.60. The second-order valence-electron chi connectivity index (χ2n) is 3.86. The number of nitrogens with one attached hydrogen (secondary N) is 1. The van der Waals surface area contributed by atoms with Crippen molar-refractivity contribution in [2.45, 2.75) is 6.54 Å². The summed E-state index contributed by atoms with van der Waals surface area (Å²) in [4.78, 5) is 4.03. The zero-order chi connectivity index (χ0) is 13.7. The standard InChI is InChI=1S/C14H12FN3O/c1-19-14-5-3-12(9-18-14)17-8-11-6-10(7-16)2-4-13(11)15/h2-6,9,17H,8H2,1H3. The third kappa shape index (κ3) is 3.19. The van der Waals surface area contributed by atoms with Gasteiger partial charge in [-0.1, -0.05) is 0 Å². The maximum Gasteiger partial charge on any atom is 0.213 e. The highest BCUT2D eigenvalue weighted by Gasteiger charge is 2.04. The molecule has 0 radical (unpaired) electrons. The van der Waals surface area contributed by atoms with Crippen LogP contribution in [-0.2, 0) is 6.54 Å². The summed E-state index contributed by atoms with van der Waals surface area (Å²) in [6, 6.07) is 9.76. The van der Waals surface area contributed by atoms with Gasteiger partial charge in [0.15, 0.2) is 0 Å². The molecule has 0 fully saturated rings. The fourth-order valence-corrected chi connectivity index (χ4v) is 1.58. The first-order chi connectivity index (χ1) is 9.22. The molecule has 5 heteroatoms. The zero-order valence-electron chi connectivity index (χ0n) is 10.4. The van der Waals surface area contributed by atoms with Crippen molar-refractivity contribution < 1.29 is 9.13 Å². The molecule has 0 aliphatic rings. The number of nitrogens with zero attached hydrogens (tertiary/aromatic N) is 2. The smallest absolute Gasteiger partial charge is 0.213 e. The van der Waals surface area contributed by atoms with E-state index in [2.05, 4.69) is 10.3 Å². The highest BCUT2D eigenvalue weighted by molar-refractivity contribution is 5.43. The van der Waals surface area contributed by atoms with E-state index in [0.29, 0.717) is 17.0 Å². The first-order valence-corrected chi connectivity index (χ1v) is 5.65. The van der Waals surface area contributed by atoms with E-state index in [1.807, 2.05) is 6.07 Å². The zero-order valence-corrected chi connectivity index (χ0v) is 10.4. The molecule has 0 aliphatic carbocycles. The molecule has 1 heterocycles. The van der Waals surface area contributed by atoms with Gasteiger partial charge in [0.2, 0.25) is 5.88 Å². The van der Waals surface area contributed by atoms with Crippen molar-refractivity contribution in [1.29, 1.82) is 5.26 Å². The molecule has 19 heavy (non-hydrogen) atoms. The van der Waals surface area contributed by atoms with Crippen molar-refractivity contribution in [2.75, 3.05) is 12.4 Å². The lowest BCUT2D eigenvalue weighted by Gasteiger charge is -2.08. The predicted octanol–water partition coefficient (Wildman–Crippen LogP) is 2.71. The Kier molecular flexibility index (Phi) is 3.94. The minimum Gasteiger partial charge on any atom is -0.481 e. The maximum atomic E-state index is 13.5. The number of pyridine rings is 1. The SMILES string of the molecule is COc1ccc(NCc2cc(C#N)ccc2F)cn1. The van der Waals surface area contributed by atoms with Crippen LogP contribution in [0, 0.1) is 17.1 Å². The molecular formula is C14H12FN3O. The number of halogens is 1. The largest absolute Gasteiger partial charge is 0.481 e. The molecule has 0 saturated heterocycles. The van der Waals surface area contributed by atoms with Crippen LogP contribution in [0.25, 0.3) is 0 Å². The highest BCUT2D eigenvalue weighted by Crippen LogP contribution is 2.15. The van der Waals surface area contributed by atoms with E-state index in [1.54, 1.807) is 18.3 Å².